The standard InChI is InChI=1S/C11H15NO2S2/c1-9-3-5-11(6-4-9)16(13,14)12-7-8-15-10(12)2/h3-6,10H,7-8H2,1-2H3. The molecule has 1 saturated heterocycles. The van der Waals surface area contributed by atoms with Crippen LogP contribution in [-0.2, 0) is 10.0 Å². The molecule has 16 heavy (non-hydrogen) atoms. The molecule has 0 radical (unpaired) electrons. The van der Waals surface area contributed by atoms with Gasteiger partial charge in [0.05, 0.1) is 10.3 Å². The molecule has 0 N–H and O–H groups in total. The maximum Gasteiger partial charge on any atom is 0.244 e. The first-order valence-electron chi connectivity index (χ1n) is 5.22. The molecule has 0 aliphatic carbocycles. The van der Waals surface area contributed by atoms with Gasteiger partial charge >= 0.3 is 0 Å². The fourth-order valence-corrected chi connectivity index (χ4v) is 4.77. The Bertz CT molecular complexity index is 467. The highest BCUT2D eigenvalue weighted by molar-refractivity contribution is 8.01. The Hall–Kier alpha value is -0.520. The Labute approximate surface area is 101 Å². The molecule has 1 fully saturated rings. The Morgan fingerprint density at radius 1 is 1.31 bits per heavy atom. The summed E-state index contributed by atoms with van der Waals surface area (Å²) in [7, 11) is -3.29. The van der Waals surface area contributed by atoms with Crippen LogP contribution in [0.15, 0.2) is 29.2 Å². The molecule has 5 heteroatoms. The first-order valence-corrected chi connectivity index (χ1v) is 7.71. The Morgan fingerprint density at radius 2 is 1.94 bits per heavy atom. The van der Waals surface area contributed by atoms with Gasteiger partial charge in [0.25, 0.3) is 0 Å². The smallest absolute Gasteiger partial charge is 0.207 e. The maximum atomic E-state index is 12.3. The SMILES string of the molecule is Cc1ccc(S(=O)(=O)N2CCSC2C)cc1. The first kappa shape index (κ1) is 12.0. The normalized spacial score (nSPS) is 22.5. The average Bonchev–Trinajstić information content (AvgIpc) is 2.66. The van der Waals surface area contributed by atoms with Crippen molar-refractivity contribution in [2.45, 2.75) is 24.1 Å². The zero-order chi connectivity index (χ0) is 11.8. The van der Waals surface area contributed by atoms with Crippen LogP contribution in [0.1, 0.15) is 12.5 Å². The summed E-state index contributed by atoms with van der Waals surface area (Å²) in [5, 5.41) is 0.0475. The van der Waals surface area contributed by atoms with Gasteiger partial charge in [0.15, 0.2) is 0 Å². The third-order valence-electron chi connectivity index (χ3n) is 2.70. The fraction of sp³-hybridized carbons (Fsp3) is 0.455. The van der Waals surface area contributed by atoms with Crippen molar-refractivity contribution in [2.24, 2.45) is 0 Å². The molecule has 1 heterocycles. The summed E-state index contributed by atoms with van der Waals surface area (Å²) in [6, 6.07) is 7.03. The van der Waals surface area contributed by atoms with Crippen molar-refractivity contribution in [1.82, 2.24) is 4.31 Å². The van der Waals surface area contributed by atoms with E-state index in [1.54, 1.807) is 28.2 Å². The number of thioether (sulfide) groups is 1. The molecule has 1 aromatic carbocycles. The zero-order valence-corrected chi connectivity index (χ0v) is 11.0. The van der Waals surface area contributed by atoms with Crippen LogP contribution >= 0.6 is 11.8 Å². The number of sulfonamides is 1. The minimum absolute atomic E-state index is 0.0475. The third kappa shape index (κ3) is 2.12. The molecular weight excluding hydrogens is 242 g/mol. The predicted octanol–water partition coefficient (Wildman–Crippen LogP) is 2.08. The van der Waals surface area contributed by atoms with Crippen LogP contribution in [0.25, 0.3) is 0 Å². The van der Waals surface area contributed by atoms with Gasteiger partial charge in [0.2, 0.25) is 10.0 Å². The lowest BCUT2D eigenvalue weighted by molar-refractivity contribution is 0.442. The molecule has 2 rings (SSSR count). The Kier molecular flexibility index (Phi) is 3.28. The van der Waals surface area contributed by atoms with Crippen LogP contribution in [0.3, 0.4) is 0 Å². The predicted molar refractivity (Wildman–Crippen MR) is 67.0 cm³/mol. The van der Waals surface area contributed by atoms with Crippen LogP contribution in [0.2, 0.25) is 0 Å². The van der Waals surface area contributed by atoms with Gasteiger partial charge in [0.1, 0.15) is 0 Å². The van der Waals surface area contributed by atoms with Gasteiger partial charge in [-0.15, -0.1) is 11.8 Å². The zero-order valence-electron chi connectivity index (χ0n) is 9.38. The van der Waals surface area contributed by atoms with E-state index in [2.05, 4.69) is 0 Å². The number of nitrogens with zero attached hydrogens (tertiary/aromatic N) is 1. The summed E-state index contributed by atoms with van der Waals surface area (Å²) in [6.45, 7) is 4.50. The minimum atomic E-state index is -3.29. The molecule has 0 bridgehead atoms. The first-order chi connectivity index (χ1) is 7.51. The quantitative estimate of drug-likeness (QED) is 0.814. The topological polar surface area (TPSA) is 37.4 Å². The average molecular weight is 257 g/mol. The summed E-state index contributed by atoms with van der Waals surface area (Å²) < 4.78 is 26.1. The summed E-state index contributed by atoms with van der Waals surface area (Å²) >= 11 is 1.68. The highest BCUT2D eigenvalue weighted by Crippen LogP contribution is 2.29. The number of aryl methyl sites for hydroxylation is 1. The molecular formula is C11H15NO2S2. The monoisotopic (exact) mass is 257 g/mol. The van der Waals surface area contributed by atoms with Crippen molar-refractivity contribution in [3.05, 3.63) is 29.8 Å². The van der Waals surface area contributed by atoms with Crippen molar-refractivity contribution in [1.29, 1.82) is 0 Å². The van der Waals surface area contributed by atoms with Gasteiger partial charge in [-0.05, 0) is 26.0 Å². The molecule has 1 aliphatic rings. The molecule has 1 unspecified atom stereocenters. The molecule has 3 nitrogen and oxygen atoms in total. The minimum Gasteiger partial charge on any atom is -0.207 e. The van der Waals surface area contributed by atoms with Gasteiger partial charge in [-0.25, -0.2) is 8.42 Å². The Balaban J connectivity index is 2.35. The van der Waals surface area contributed by atoms with E-state index in [0.29, 0.717) is 11.4 Å². The lowest BCUT2D eigenvalue weighted by atomic mass is 10.2. The summed E-state index contributed by atoms with van der Waals surface area (Å²) in [4.78, 5) is 0.396. The third-order valence-corrected chi connectivity index (χ3v) is 5.98. The van der Waals surface area contributed by atoms with Gasteiger partial charge in [-0.3, -0.25) is 0 Å². The van der Waals surface area contributed by atoms with Crippen molar-refractivity contribution in [3.63, 3.8) is 0 Å². The van der Waals surface area contributed by atoms with Crippen LogP contribution in [0.4, 0.5) is 0 Å². The molecule has 0 amide bonds. The summed E-state index contributed by atoms with van der Waals surface area (Å²) in [5.74, 6) is 0.881. The van der Waals surface area contributed by atoms with E-state index in [1.807, 2.05) is 26.0 Å². The van der Waals surface area contributed by atoms with Crippen molar-refractivity contribution < 1.29 is 8.42 Å². The van der Waals surface area contributed by atoms with Crippen molar-refractivity contribution in [3.8, 4) is 0 Å². The second-order valence-electron chi connectivity index (χ2n) is 3.90. The largest absolute Gasteiger partial charge is 0.244 e. The second-order valence-corrected chi connectivity index (χ2v) is 7.21. The highest BCUT2D eigenvalue weighted by atomic mass is 32.2. The lowest BCUT2D eigenvalue weighted by Crippen LogP contribution is -2.33. The van der Waals surface area contributed by atoms with E-state index in [-0.39, 0.29) is 5.37 Å². The van der Waals surface area contributed by atoms with E-state index in [1.165, 1.54) is 0 Å². The van der Waals surface area contributed by atoms with E-state index < -0.39 is 10.0 Å². The number of rotatable bonds is 2. The molecule has 1 aromatic rings. The number of hydrogen-bond donors (Lipinski definition) is 0. The van der Waals surface area contributed by atoms with Crippen LogP contribution in [0, 0.1) is 6.92 Å². The van der Waals surface area contributed by atoms with Crippen LogP contribution < -0.4 is 0 Å². The van der Waals surface area contributed by atoms with Gasteiger partial charge in [0, 0.05) is 12.3 Å². The second kappa shape index (κ2) is 4.39. The number of benzene rings is 1. The Morgan fingerprint density at radius 3 is 2.44 bits per heavy atom. The molecule has 1 atom stereocenters. The lowest BCUT2D eigenvalue weighted by Gasteiger charge is -2.19. The van der Waals surface area contributed by atoms with Crippen LogP contribution in [-0.4, -0.2) is 30.4 Å². The molecule has 0 saturated carbocycles. The van der Waals surface area contributed by atoms with E-state index in [9.17, 15) is 8.42 Å². The summed E-state index contributed by atoms with van der Waals surface area (Å²) in [5.41, 5.74) is 1.07. The van der Waals surface area contributed by atoms with Crippen molar-refractivity contribution >= 4 is 21.8 Å². The van der Waals surface area contributed by atoms with Crippen molar-refractivity contribution in [2.75, 3.05) is 12.3 Å². The molecule has 0 aromatic heterocycles. The summed E-state index contributed by atoms with van der Waals surface area (Å²) in [6.07, 6.45) is 0. The molecule has 88 valence electrons. The molecule has 1 aliphatic heterocycles. The van der Waals surface area contributed by atoms with E-state index >= 15 is 0 Å². The van der Waals surface area contributed by atoms with Gasteiger partial charge in [-0.2, -0.15) is 4.31 Å². The molecule has 0 spiro atoms. The van der Waals surface area contributed by atoms with Gasteiger partial charge in [-0.1, -0.05) is 17.7 Å². The fourth-order valence-electron chi connectivity index (χ4n) is 1.74. The van der Waals surface area contributed by atoms with Crippen LogP contribution in [0.5, 0.6) is 0 Å². The number of hydrogen-bond acceptors (Lipinski definition) is 3. The highest BCUT2D eigenvalue weighted by Gasteiger charge is 2.32. The van der Waals surface area contributed by atoms with E-state index in [0.717, 1.165) is 11.3 Å². The maximum absolute atomic E-state index is 12.3. The van der Waals surface area contributed by atoms with Gasteiger partial charge < -0.3 is 0 Å². The van der Waals surface area contributed by atoms with E-state index in [4.69, 9.17) is 0 Å².